The third-order valence-corrected chi connectivity index (χ3v) is 8.80. The van der Waals surface area contributed by atoms with Gasteiger partial charge in [-0.25, -0.2) is 26.9 Å². The number of sulfonamides is 1. The van der Waals surface area contributed by atoms with Gasteiger partial charge < -0.3 is 10.6 Å². The van der Waals surface area contributed by atoms with Crippen LogP contribution in [0.5, 0.6) is 0 Å². The monoisotopic (exact) mass is 576 g/mol. The predicted octanol–water partition coefficient (Wildman–Crippen LogP) is 6.62. The van der Waals surface area contributed by atoms with Crippen molar-refractivity contribution in [2.24, 2.45) is 0 Å². The summed E-state index contributed by atoms with van der Waals surface area (Å²) in [7, 11) is -3.77. The highest BCUT2D eigenvalue weighted by Crippen LogP contribution is 2.46. The van der Waals surface area contributed by atoms with Gasteiger partial charge >= 0.3 is 0 Å². The number of carbonyl (C=O) groups excluding carboxylic acids is 1. The molecule has 0 saturated heterocycles. The van der Waals surface area contributed by atoms with Gasteiger partial charge in [0.2, 0.25) is 10.0 Å². The van der Waals surface area contributed by atoms with E-state index in [0.717, 1.165) is 35.2 Å². The van der Waals surface area contributed by atoms with Crippen LogP contribution in [0.25, 0.3) is 0 Å². The van der Waals surface area contributed by atoms with Crippen LogP contribution >= 0.6 is 0 Å². The Morgan fingerprint density at radius 2 is 1.76 bits per heavy atom. The fourth-order valence-corrected chi connectivity index (χ4v) is 6.33. The van der Waals surface area contributed by atoms with Gasteiger partial charge in [-0.15, -0.1) is 0 Å². The quantitative estimate of drug-likeness (QED) is 0.219. The van der Waals surface area contributed by atoms with Gasteiger partial charge in [0, 0.05) is 23.5 Å². The number of carbonyl (C=O) groups is 1. The largest absolute Gasteiger partial charge is 0.338 e. The summed E-state index contributed by atoms with van der Waals surface area (Å²) in [6.45, 7) is 6.17. The van der Waals surface area contributed by atoms with E-state index in [1.807, 2.05) is 37.3 Å². The summed E-state index contributed by atoms with van der Waals surface area (Å²) in [6, 6.07) is 18.3. The third-order valence-electron chi connectivity index (χ3n) is 7.31. The van der Waals surface area contributed by atoms with Crippen molar-refractivity contribution in [3.8, 4) is 0 Å². The van der Waals surface area contributed by atoms with Crippen molar-refractivity contribution in [2.75, 3.05) is 10.6 Å². The zero-order chi connectivity index (χ0) is 29.4. The average molecular weight is 577 g/mol. The molecule has 0 fully saturated rings. The number of hydrogen-bond donors (Lipinski definition) is 3. The van der Waals surface area contributed by atoms with Crippen LogP contribution < -0.4 is 15.4 Å². The Bertz CT molecular complexity index is 1720. The Morgan fingerprint density at radius 3 is 2.46 bits per heavy atom. The molecule has 1 aliphatic carbocycles. The molecule has 1 aliphatic rings. The van der Waals surface area contributed by atoms with Crippen LogP contribution in [0.15, 0.2) is 83.9 Å². The zero-order valence-electron chi connectivity index (χ0n) is 22.8. The first-order chi connectivity index (χ1) is 19.5. The Hall–Kier alpha value is -4.15. The molecule has 5 rings (SSSR count). The topological polar surface area (TPSA) is 100 Å². The van der Waals surface area contributed by atoms with E-state index in [0.29, 0.717) is 23.6 Å². The van der Waals surface area contributed by atoms with Crippen molar-refractivity contribution in [1.29, 1.82) is 0 Å². The molecule has 7 nitrogen and oxygen atoms in total. The summed E-state index contributed by atoms with van der Waals surface area (Å²) in [4.78, 5) is 17.3. The van der Waals surface area contributed by atoms with Gasteiger partial charge in [-0.3, -0.25) is 4.79 Å². The number of fused-ring (bicyclic) bond motifs is 1. The van der Waals surface area contributed by atoms with E-state index in [9.17, 15) is 22.0 Å². The standard InChI is InChI=1S/C31H30F2N4O3S/c1-4-19-7-11-22(12-8-19)41(39,40)37-28-18-31(2,3)24-13-10-21(17-23(24)28)35-29-27(6-5-15-34-29)36-30(38)20-9-14-25(32)26(33)16-20/h5-17,28,37H,4,18H2,1-3H3,(H,34,35)(H,36,38). The lowest BCUT2D eigenvalue weighted by Crippen LogP contribution is -2.28. The van der Waals surface area contributed by atoms with E-state index in [2.05, 4.69) is 34.2 Å². The van der Waals surface area contributed by atoms with E-state index in [4.69, 9.17) is 0 Å². The van der Waals surface area contributed by atoms with Crippen LogP contribution in [-0.4, -0.2) is 19.3 Å². The summed E-state index contributed by atoms with van der Waals surface area (Å²) < 4.78 is 56.4. The summed E-state index contributed by atoms with van der Waals surface area (Å²) in [5.41, 5.74) is 3.60. The van der Waals surface area contributed by atoms with E-state index in [1.165, 1.54) is 6.07 Å². The van der Waals surface area contributed by atoms with Crippen molar-refractivity contribution in [3.63, 3.8) is 0 Å². The smallest absolute Gasteiger partial charge is 0.255 e. The number of amides is 1. The molecule has 4 aromatic rings. The number of anilines is 3. The molecule has 1 atom stereocenters. The zero-order valence-corrected chi connectivity index (χ0v) is 23.6. The van der Waals surface area contributed by atoms with Gasteiger partial charge in [-0.1, -0.05) is 39.0 Å². The Labute approximate surface area is 238 Å². The number of halogens is 2. The molecule has 1 amide bonds. The van der Waals surface area contributed by atoms with Gasteiger partial charge in [0.25, 0.3) is 5.91 Å². The maximum atomic E-state index is 13.6. The van der Waals surface area contributed by atoms with E-state index in [1.54, 1.807) is 30.5 Å². The molecule has 0 radical (unpaired) electrons. The Kier molecular flexibility index (Phi) is 7.63. The molecule has 0 spiro atoms. The minimum atomic E-state index is -3.77. The fourth-order valence-electron chi connectivity index (χ4n) is 5.11. The first-order valence-corrected chi connectivity index (χ1v) is 14.7. The number of pyridine rings is 1. The number of rotatable bonds is 8. The van der Waals surface area contributed by atoms with Crippen LogP contribution in [0.3, 0.4) is 0 Å². The molecule has 41 heavy (non-hydrogen) atoms. The molecule has 3 aromatic carbocycles. The molecule has 3 N–H and O–H groups in total. The van der Waals surface area contributed by atoms with Crippen LogP contribution in [-0.2, 0) is 21.9 Å². The maximum absolute atomic E-state index is 13.6. The number of hydrogen-bond acceptors (Lipinski definition) is 5. The molecule has 1 aromatic heterocycles. The molecular weight excluding hydrogens is 546 g/mol. The van der Waals surface area contributed by atoms with Crippen molar-refractivity contribution in [3.05, 3.63) is 113 Å². The lowest BCUT2D eigenvalue weighted by atomic mass is 9.86. The van der Waals surface area contributed by atoms with Gasteiger partial charge in [0.15, 0.2) is 17.5 Å². The Morgan fingerprint density at radius 1 is 1.00 bits per heavy atom. The first kappa shape index (κ1) is 28.4. The average Bonchev–Trinajstić information content (AvgIpc) is 3.19. The third kappa shape index (κ3) is 5.98. The fraction of sp³-hybridized carbons (Fsp3) is 0.226. The Balaban J connectivity index is 1.39. The number of nitrogens with one attached hydrogen (secondary N) is 3. The predicted molar refractivity (Wildman–Crippen MR) is 155 cm³/mol. The first-order valence-electron chi connectivity index (χ1n) is 13.2. The van der Waals surface area contributed by atoms with Gasteiger partial charge in [0.05, 0.1) is 10.6 Å². The second-order valence-electron chi connectivity index (χ2n) is 10.7. The van der Waals surface area contributed by atoms with Crippen molar-refractivity contribution < 1.29 is 22.0 Å². The number of aromatic nitrogens is 1. The van der Waals surface area contributed by atoms with Crippen LogP contribution in [0.1, 0.15) is 60.3 Å². The molecule has 0 saturated carbocycles. The van der Waals surface area contributed by atoms with E-state index < -0.39 is 33.6 Å². The molecule has 1 heterocycles. The molecule has 212 valence electrons. The summed E-state index contributed by atoms with van der Waals surface area (Å²) in [5.74, 6) is -2.46. The summed E-state index contributed by atoms with van der Waals surface area (Å²) in [6.07, 6.45) is 2.95. The normalized spacial score (nSPS) is 15.8. The molecule has 0 bridgehead atoms. The minimum absolute atomic E-state index is 0.0436. The highest BCUT2D eigenvalue weighted by Gasteiger charge is 2.39. The van der Waals surface area contributed by atoms with Crippen LogP contribution in [0, 0.1) is 11.6 Å². The highest BCUT2D eigenvalue weighted by molar-refractivity contribution is 7.89. The van der Waals surface area contributed by atoms with Crippen molar-refractivity contribution in [1.82, 2.24) is 9.71 Å². The second-order valence-corrected chi connectivity index (χ2v) is 12.4. The highest BCUT2D eigenvalue weighted by atomic mass is 32.2. The summed E-state index contributed by atoms with van der Waals surface area (Å²) in [5, 5.41) is 5.88. The molecule has 10 heteroatoms. The summed E-state index contributed by atoms with van der Waals surface area (Å²) >= 11 is 0. The van der Waals surface area contributed by atoms with Crippen molar-refractivity contribution >= 4 is 33.1 Å². The van der Waals surface area contributed by atoms with E-state index in [-0.39, 0.29) is 15.9 Å². The van der Waals surface area contributed by atoms with Crippen molar-refractivity contribution in [2.45, 2.75) is 50.0 Å². The SMILES string of the molecule is CCc1ccc(S(=O)(=O)NC2CC(C)(C)c3ccc(Nc4ncccc4NC(=O)c4ccc(F)c(F)c4)cc32)cc1. The minimum Gasteiger partial charge on any atom is -0.338 e. The molecular formula is C31H30F2N4O3S. The number of nitrogens with zero attached hydrogens (tertiary/aromatic N) is 1. The second kappa shape index (κ2) is 11.0. The lowest BCUT2D eigenvalue weighted by molar-refractivity contribution is 0.102. The van der Waals surface area contributed by atoms with Crippen LogP contribution in [0.2, 0.25) is 0 Å². The molecule has 0 aliphatic heterocycles. The number of aryl methyl sites for hydroxylation is 1. The number of benzene rings is 3. The van der Waals surface area contributed by atoms with E-state index >= 15 is 0 Å². The van der Waals surface area contributed by atoms with Gasteiger partial charge in [-0.2, -0.15) is 0 Å². The molecule has 1 unspecified atom stereocenters. The van der Waals surface area contributed by atoms with Gasteiger partial charge in [-0.05, 0) is 89.5 Å². The lowest BCUT2D eigenvalue weighted by Gasteiger charge is -2.19. The maximum Gasteiger partial charge on any atom is 0.255 e. The van der Waals surface area contributed by atoms with Crippen LogP contribution in [0.4, 0.5) is 26.0 Å². The van der Waals surface area contributed by atoms with Gasteiger partial charge in [0.1, 0.15) is 0 Å².